The van der Waals surface area contributed by atoms with E-state index in [1.54, 1.807) is 0 Å². The van der Waals surface area contributed by atoms with Gasteiger partial charge in [0.1, 0.15) is 11.7 Å². The molecule has 5 heteroatoms. The number of hydrogen-bond acceptors (Lipinski definition) is 4. The molecule has 2 fully saturated rings. The first-order valence-electron chi connectivity index (χ1n) is 9.02. The van der Waals surface area contributed by atoms with Crippen molar-refractivity contribution >= 4 is 12.1 Å². The van der Waals surface area contributed by atoms with Crippen LogP contribution in [0.15, 0.2) is 30.3 Å². The summed E-state index contributed by atoms with van der Waals surface area (Å²) in [4.78, 5) is 26.4. The highest BCUT2D eigenvalue weighted by Crippen LogP contribution is 2.44. The molecule has 0 spiro atoms. The molecule has 0 aliphatic carbocycles. The number of benzene rings is 1. The van der Waals surface area contributed by atoms with E-state index < -0.39 is 5.60 Å². The largest absolute Gasteiger partial charge is 0.460 e. The molecular weight excluding hydrogens is 318 g/mol. The summed E-state index contributed by atoms with van der Waals surface area (Å²) in [6.45, 7) is 7.75. The summed E-state index contributed by atoms with van der Waals surface area (Å²) >= 11 is 0. The van der Waals surface area contributed by atoms with Crippen LogP contribution in [0.4, 0.5) is 4.79 Å². The molecule has 0 bridgehead atoms. The number of carbonyl (C=O) groups excluding carboxylic acids is 2. The number of ether oxygens (including phenoxy) is 2. The number of esters is 1. The van der Waals surface area contributed by atoms with Gasteiger partial charge in [0, 0.05) is 6.42 Å². The molecule has 1 aromatic carbocycles. The summed E-state index contributed by atoms with van der Waals surface area (Å²) in [7, 11) is 0. The van der Waals surface area contributed by atoms with Gasteiger partial charge in [-0.15, -0.1) is 0 Å². The highest BCUT2D eigenvalue weighted by molar-refractivity contribution is 5.73. The normalized spacial score (nSPS) is 29.6. The molecule has 2 heterocycles. The Morgan fingerprint density at radius 1 is 1.24 bits per heavy atom. The first-order chi connectivity index (χ1) is 11.8. The number of hydrogen-bond donors (Lipinski definition) is 0. The first kappa shape index (κ1) is 17.8. The SMILES string of the molecule is C[C@@H]1C[C@@H](C2CCC(=O)O2)N(C(=O)OC(C)(C)C)[C@@H]1c1ccccc1. The summed E-state index contributed by atoms with van der Waals surface area (Å²) in [5, 5.41) is 0. The average Bonchev–Trinajstić information content (AvgIpc) is 3.09. The van der Waals surface area contributed by atoms with Gasteiger partial charge in [0.2, 0.25) is 0 Å². The number of nitrogens with zero attached hydrogens (tertiary/aromatic N) is 1. The van der Waals surface area contributed by atoms with Gasteiger partial charge in [0.15, 0.2) is 0 Å². The smallest absolute Gasteiger partial charge is 0.411 e. The lowest BCUT2D eigenvalue weighted by Gasteiger charge is -2.35. The third kappa shape index (κ3) is 3.80. The monoisotopic (exact) mass is 345 g/mol. The molecule has 3 rings (SSSR count). The quantitative estimate of drug-likeness (QED) is 0.758. The van der Waals surface area contributed by atoms with E-state index in [4.69, 9.17) is 9.47 Å². The van der Waals surface area contributed by atoms with Gasteiger partial charge in [-0.2, -0.15) is 0 Å². The molecule has 1 aromatic rings. The maximum absolute atomic E-state index is 13.0. The van der Waals surface area contributed by atoms with Crippen molar-refractivity contribution in [3.05, 3.63) is 35.9 Å². The van der Waals surface area contributed by atoms with Crippen molar-refractivity contribution in [2.75, 3.05) is 0 Å². The Morgan fingerprint density at radius 3 is 2.48 bits per heavy atom. The molecule has 0 saturated carbocycles. The van der Waals surface area contributed by atoms with Crippen molar-refractivity contribution in [3.63, 3.8) is 0 Å². The maximum Gasteiger partial charge on any atom is 0.411 e. The predicted octanol–water partition coefficient (Wildman–Crippen LogP) is 4.08. The minimum absolute atomic E-state index is 0.0691. The van der Waals surface area contributed by atoms with Gasteiger partial charge in [-0.05, 0) is 45.1 Å². The Kier molecular flexibility index (Phi) is 4.76. The van der Waals surface area contributed by atoms with Crippen LogP contribution < -0.4 is 0 Å². The van der Waals surface area contributed by atoms with E-state index in [0.717, 1.165) is 12.0 Å². The number of amides is 1. The summed E-state index contributed by atoms with van der Waals surface area (Å²) in [5.74, 6) is 0.0872. The molecule has 2 aliphatic heterocycles. The van der Waals surface area contributed by atoms with E-state index >= 15 is 0 Å². The Hall–Kier alpha value is -2.04. The van der Waals surface area contributed by atoms with E-state index in [2.05, 4.69) is 6.92 Å². The molecule has 136 valence electrons. The summed E-state index contributed by atoms with van der Waals surface area (Å²) < 4.78 is 11.2. The third-order valence-corrected chi connectivity index (χ3v) is 4.90. The Bertz CT molecular complexity index is 637. The molecule has 1 unspecified atom stereocenters. The van der Waals surface area contributed by atoms with Crippen LogP contribution >= 0.6 is 0 Å². The van der Waals surface area contributed by atoms with Crippen LogP contribution in [0.5, 0.6) is 0 Å². The van der Waals surface area contributed by atoms with Gasteiger partial charge in [-0.25, -0.2) is 4.79 Å². The second-order valence-electron chi connectivity index (χ2n) is 8.09. The van der Waals surface area contributed by atoms with Crippen molar-refractivity contribution < 1.29 is 19.1 Å². The van der Waals surface area contributed by atoms with Gasteiger partial charge in [-0.3, -0.25) is 9.69 Å². The summed E-state index contributed by atoms with van der Waals surface area (Å²) in [5.41, 5.74) is 0.522. The van der Waals surface area contributed by atoms with E-state index in [1.165, 1.54) is 0 Å². The van der Waals surface area contributed by atoms with Crippen LogP contribution in [0.1, 0.15) is 58.6 Å². The van der Waals surface area contributed by atoms with Gasteiger partial charge >= 0.3 is 12.1 Å². The molecule has 2 saturated heterocycles. The van der Waals surface area contributed by atoms with Crippen LogP contribution in [0.2, 0.25) is 0 Å². The fraction of sp³-hybridized carbons (Fsp3) is 0.600. The highest BCUT2D eigenvalue weighted by atomic mass is 16.6. The van der Waals surface area contributed by atoms with E-state index in [9.17, 15) is 9.59 Å². The molecular formula is C20H27NO4. The van der Waals surface area contributed by atoms with E-state index in [0.29, 0.717) is 12.8 Å². The molecule has 1 amide bonds. The van der Waals surface area contributed by atoms with Crippen molar-refractivity contribution in [1.29, 1.82) is 0 Å². The second kappa shape index (κ2) is 6.70. The average molecular weight is 345 g/mol. The Morgan fingerprint density at radius 2 is 1.92 bits per heavy atom. The standard InChI is InChI=1S/C20H27NO4/c1-13-12-15(16-10-11-17(22)24-16)21(19(23)25-20(2,3)4)18(13)14-8-6-5-7-9-14/h5-9,13,15-16,18H,10-12H2,1-4H3/t13-,15+,16?,18+/m1/s1. The highest BCUT2D eigenvalue weighted by Gasteiger charge is 2.49. The predicted molar refractivity (Wildman–Crippen MR) is 93.9 cm³/mol. The molecule has 4 atom stereocenters. The minimum Gasteiger partial charge on any atom is -0.460 e. The van der Waals surface area contributed by atoms with Crippen LogP contribution in [-0.4, -0.2) is 34.7 Å². The zero-order valence-electron chi connectivity index (χ0n) is 15.4. The van der Waals surface area contributed by atoms with Crippen molar-refractivity contribution in [1.82, 2.24) is 4.90 Å². The third-order valence-electron chi connectivity index (χ3n) is 4.90. The lowest BCUT2D eigenvalue weighted by molar-refractivity contribution is -0.143. The topological polar surface area (TPSA) is 55.8 Å². The van der Waals surface area contributed by atoms with Gasteiger partial charge in [0.05, 0.1) is 12.1 Å². The van der Waals surface area contributed by atoms with Crippen LogP contribution in [0.25, 0.3) is 0 Å². The van der Waals surface area contributed by atoms with Gasteiger partial charge in [-0.1, -0.05) is 37.3 Å². The first-order valence-corrected chi connectivity index (χ1v) is 9.02. The summed E-state index contributed by atoms with van der Waals surface area (Å²) in [6.07, 6.45) is 1.32. The molecule has 2 aliphatic rings. The number of carbonyl (C=O) groups is 2. The lowest BCUT2D eigenvalue weighted by atomic mass is 9.94. The molecule has 5 nitrogen and oxygen atoms in total. The van der Waals surface area contributed by atoms with E-state index in [1.807, 2.05) is 56.0 Å². The van der Waals surface area contributed by atoms with Crippen molar-refractivity contribution in [3.8, 4) is 0 Å². The Labute approximate surface area is 149 Å². The second-order valence-corrected chi connectivity index (χ2v) is 8.09. The zero-order chi connectivity index (χ0) is 18.2. The molecule has 0 N–H and O–H groups in total. The number of cyclic esters (lactones) is 1. The van der Waals surface area contributed by atoms with Crippen molar-refractivity contribution in [2.45, 2.75) is 70.7 Å². The molecule has 25 heavy (non-hydrogen) atoms. The van der Waals surface area contributed by atoms with E-state index in [-0.39, 0.29) is 36.2 Å². The number of likely N-dealkylation sites (tertiary alicyclic amines) is 1. The fourth-order valence-electron chi connectivity index (χ4n) is 3.96. The maximum atomic E-state index is 13.0. The van der Waals surface area contributed by atoms with Gasteiger partial charge in [0.25, 0.3) is 0 Å². The van der Waals surface area contributed by atoms with Crippen LogP contribution in [0, 0.1) is 5.92 Å². The lowest BCUT2D eigenvalue weighted by Crippen LogP contribution is -2.46. The zero-order valence-corrected chi connectivity index (χ0v) is 15.4. The minimum atomic E-state index is -0.568. The number of rotatable bonds is 2. The van der Waals surface area contributed by atoms with Crippen LogP contribution in [-0.2, 0) is 14.3 Å². The Balaban J connectivity index is 1.93. The van der Waals surface area contributed by atoms with Crippen LogP contribution in [0.3, 0.4) is 0 Å². The fourth-order valence-corrected chi connectivity index (χ4v) is 3.96. The van der Waals surface area contributed by atoms with Gasteiger partial charge < -0.3 is 9.47 Å². The van der Waals surface area contributed by atoms with Crippen molar-refractivity contribution in [2.24, 2.45) is 5.92 Å². The molecule has 0 aromatic heterocycles. The summed E-state index contributed by atoms with van der Waals surface area (Å²) in [6, 6.07) is 9.82. The molecule has 0 radical (unpaired) electrons.